The quantitative estimate of drug-likeness (QED) is 0.257. The van der Waals surface area contributed by atoms with Gasteiger partial charge in [-0.3, -0.25) is 4.79 Å². The number of carboxylic acids is 1. The second kappa shape index (κ2) is 7.91. The van der Waals surface area contributed by atoms with Gasteiger partial charge in [-0.15, -0.1) is 0 Å². The summed E-state index contributed by atoms with van der Waals surface area (Å²) in [6.45, 7) is 0.851. The first-order valence-corrected chi connectivity index (χ1v) is 6.45. The van der Waals surface area contributed by atoms with Crippen molar-refractivity contribution < 1.29 is 9.90 Å². The van der Waals surface area contributed by atoms with Crippen LogP contribution in [-0.2, 0) is 4.79 Å². The largest absolute Gasteiger partial charge is 0.480 e. The maximum Gasteiger partial charge on any atom is 0.325 e. The van der Waals surface area contributed by atoms with Crippen molar-refractivity contribution in [1.82, 2.24) is 5.32 Å². The zero-order valence-corrected chi connectivity index (χ0v) is 11.7. The van der Waals surface area contributed by atoms with Gasteiger partial charge in [0.15, 0.2) is 0 Å². The summed E-state index contributed by atoms with van der Waals surface area (Å²) in [6, 6.07) is 6.62. The van der Waals surface area contributed by atoms with E-state index in [1.54, 1.807) is 6.07 Å². The monoisotopic (exact) mass is 360 g/mol. The van der Waals surface area contributed by atoms with Crippen molar-refractivity contribution in [3.63, 3.8) is 0 Å². The summed E-state index contributed by atoms with van der Waals surface area (Å²) in [6.07, 6.45) is 0.609. The second-order valence-corrected chi connectivity index (χ2v) is 4.83. The zero-order valence-electron chi connectivity index (χ0n) is 9.58. The van der Waals surface area contributed by atoms with E-state index in [2.05, 4.69) is 37.9 Å². The highest BCUT2D eigenvalue weighted by molar-refractivity contribution is 14.1. The highest BCUT2D eigenvalue weighted by atomic mass is 127. The molecule has 0 spiro atoms. The molecule has 0 amide bonds. The van der Waals surface area contributed by atoms with E-state index in [0.717, 1.165) is 9.13 Å². The van der Waals surface area contributed by atoms with Crippen LogP contribution in [0, 0.1) is 3.57 Å². The summed E-state index contributed by atoms with van der Waals surface area (Å²) in [7, 11) is 0. The molecule has 0 aliphatic rings. The van der Waals surface area contributed by atoms with E-state index < -0.39 is 12.0 Å². The van der Waals surface area contributed by atoms with Gasteiger partial charge in [-0.25, -0.2) is 0 Å². The molecule has 1 aromatic rings. The Labute approximate surface area is 118 Å². The van der Waals surface area contributed by atoms with Gasteiger partial charge in [0.2, 0.25) is 0 Å². The van der Waals surface area contributed by atoms with Gasteiger partial charge in [0.25, 0.3) is 0 Å². The standard InChI is InChI=1S/C11H13IN4O2/c12-9-4-1-3-8(7-9)10(11(17)18)14-5-2-6-15-16-13/h1,3-4,7,10,14H,2,5-6H2,(H,17,18). The lowest BCUT2D eigenvalue weighted by Crippen LogP contribution is -2.29. The Morgan fingerprint density at radius 2 is 2.39 bits per heavy atom. The minimum atomic E-state index is -0.916. The molecule has 0 aliphatic heterocycles. The lowest BCUT2D eigenvalue weighted by Gasteiger charge is -2.14. The first kappa shape index (κ1) is 14.7. The fraction of sp³-hybridized carbons (Fsp3) is 0.364. The molecule has 0 aliphatic carbocycles. The fourth-order valence-electron chi connectivity index (χ4n) is 1.47. The van der Waals surface area contributed by atoms with Crippen LogP contribution in [0.1, 0.15) is 18.0 Å². The molecule has 0 fully saturated rings. The summed E-state index contributed by atoms with van der Waals surface area (Å²) >= 11 is 2.14. The number of nitrogens with one attached hydrogen (secondary N) is 1. The van der Waals surface area contributed by atoms with Gasteiger partial charge in [-0.2, -0.15) is 0 Å². The van der Waals surface area contributed by atoms with Gasteiger partial charge in [0.05, 0.1) is 0 Å². The number of hydrogen-bond acceptors (Lipinski definition) is 3. The van der Waals surface area contributed by atoms with E-state index in [9.17, 15) is 9.90 Å². The van der Waals surface area contributed by atoms with Crippen molar-refractivity contribution in [2.24, 2.45) is 5.11 Å². The summed E-state index contributed by atoms with van der Waals surface area (Å²) in [5, 5.41) is 15.5. The molecule has 2 N–H and O–H groups in total. The van der Waals surface area contributed by atoms with Gasteiger partial charge >= 0.3 is 5.97 Å². The first-order valence-electron chi connectivity index (χ1n) is 5.37. The van der Waals surface area contributed by atoms with Gasteiger partial charge < -0.3 is 10.4 Å². The van der Waals surface area contributed by atoms with Crippen molar-refractivity contribution in [2.75, 3.05) is 13.1 Å². The van der Waals surface area contributed by atoms with Crippen LogP contribution in [-0.4, -0.2) is 24.2 Å². The summed E-state index contributed by atoms with van der Waals surface area (Å²) in [4.78, 5) is 13.8. The van der Waals surface area contributed by atoms with E-state index in [1.165, 1.54) is 0 Å². The van der Waals surface area contributed by atoms with E-state index in [1.807, 2.05) is 18.2 Å². The highest BCUT2D eigenvalue weighted by Gasteiger charge is 2.18. The number of nitrogens with zero attached hydrogens (tertiary/aromatic N) is 3. The van der Waals surface area contributed by atoms with Crippen molar-refractivity contribution in [3.8, 4) is 0 Å². The summed E-state index contributed by atoms with van der Waals surface area (Å²) < 4.78 is 0.993. The normalized spacial score (nSPS) is 11.6. The average molecular weight is 360 g/mol. The van der Waals surface area contributed by atoms with E-state index in [-0.39, 0.29) is 0 Å². The third-order valence-electron chi connectivity index (χ3n) is 2.28. The highest BCUT2D eigenvalue weighted by Crippen LogP contribution is 2.16. The van der Waals surface area contributed by atoms with Crippen molar-refractivity contribution >= 4 is 28.6 Å². The Balaban J connectivity index is 2.60. The van der Waals surface area contributed by atoms with Crippen LogP contribution < -0.4 is 5.32 Å². The smallest absolute Gasteiger partial charge is 0.325 e. The van der Waals surface area contributed by atoms with Crippen molar-refractivity contribution in [2.45, 2.75) is 12.5 Å². The van der Waals surface area contributed by atoms with Gasteiger partial charge in [-0.1, -0.05) is 17.2 Å². The van der Waals surface area contributed by atoms with Gasteiger partial charge in [0, 0.05) is 15.0 Å². The van der Waals surface area contributed by atoms with Gasteiger partial charge in [-0.05, 0) is 58.8 Å². The molecule has 0 radical (unpaired) electrons. The molecule has 0 heterocycles. The topological polar surface area (TPSA) is 98.1 Å². The third kappa shape index (κ3) is 4.91. The number of aliphatic carboxylic acids is 1. The predicted octanol–water partition coefficient (Wildman–Crippen LogP) is 2.71. The Morgan fingerprint density at radius 1 is 1.61 bits per heavy atom. The zero-order chi connectivity index (χ0) is 13.4. The Kier molecular flexibility index (Phi) is 6.48. The van der Waals surface area contributed by atoms with Crippen molar-refractivity contribution in [3.05, 3.63) is 43.8 Å². The third-order valence-corrected chi connectivity index (χ3v) is 2.95. The van der Waals surface area contributed by atoms with Crippen LogP contribution in [0.25, 0.3) is 10.4 Å². The molecule has 0 saturated carbocycles. The van der Waals surface area contributed by atoms with Gasteiger partial charge in [0.1, 0.15) is 6.04 Å². The molecular formula is C11H13IN4O2. The molecule has 1 atom stereocenters. The Morgan fingerprint density at radius 3 is 3.00 bits per heavy atom. The molecule has 6 nitrogen and oxygen atoms in total. The number of benzene rings is 1. The maximum absolute atomic E-state index is 11.2. The lowest BCUT2D eigenvalue weighted by molar-refractivity contribution is -0.139. The SMILES string of the molecule is [N-]=[N+]=NCCCNC(C(=O)O)c1cccc(I)c1. The van der Waals surface area contributed by atoms with Crippen LogP contribution in [0.2, 0.25) is 0 Å². The first-order chi connectivity index (χ1) is 8.65. The Bertz CT molecular complexity index is 460. The number of carboxylic acid groups (broad SMARTS) is 1. The van der Waals surface area contributed by atoms with Crippen LogP contribution >= 0.6 is 22.6 Å². The van der Waals surface area contributed by atoms with Crippen LogP contribution in [0.15, 0.2) is 29.4 Å². The molecule has 0 aromatic heterocycles. The van der Waals surface area contributed by atoms with Crippen LogP contribution in [0.3, 0.4) is 0 Å². The minimum absolute atomic E-state index is 0.363. The molecule has 0 saturated heterocycles. The molecule has 1 unspecified atom stereocenters. The molecule has 1 aromatic carbocycles. The number of rotatable bonds is 7. The van der Waals surface area contributed by atoms with Crippen LogP contribution in [0.4, 0.5) is 0 Å². The number of carbonyl (C=O) groups is 1. The minimum Gasteiger partial charge on any atom is -0.480 e. The van der Waals surface area contributed by atoms with Crippen LogP contribution in [0.5, 0.6) is 0 Å². The maximum atomic E-state index is 11.2. The van der Waals surface area contributed by atoms with E-state index >= 15 is 0 Å². The number of hydrogen-bond donors (Lipinski definition) is 2. The number of azide groups is 1. The molecular weight excluding hydrogens is 347 g/mol. The molecule has 1 rings (SSSR count). The lowest BCUT2D eigenvalue weighted by atomic mass is 10.1. The number of halogens is 1. The molecule has 96 valence electrons. The average Bonchev–Trinajstić information content (AvgIpc) is 2.33. The predicted molar refractivity (Wildman–Crippen MR) is 76.2 cm³/mol. The van der Waals surface area contributed by atoms with E-state index in [0.29, 0.717) is 19.5 Å². The molecule has 7 heteroatoms. The Hall–Kier alpha value is -1.31. The van der Waals surface area contributed by atoms with Crippen molar-refractivity contribution in [1.29, 1.82) is 0 Å². The second-order valence-electron chi connectivity index (χ2n) is 3.59. The van der Waals surface area contributed by atoms with E-state index in [4.69, 9.17) is 5.53 Å². The molecule has 0 bridgehead atoms. The fourth-order valence-corrected chi connectivity index (χ4v) is 2.04. The summed E-state index contributed by atoms with van der Waals surface area (Å²) in [5.74, 6) is -0.916. The molecule has 18 heavy (non-hydrogen) atoms. The summed E-state index contributed by atoms with van der Waals surface area (Å²) in [5.41, 5.74) is 8.84.